The van der Waals surface area contributed by atoms with Crippen LogP contribution in [0, 0.1) is 13.8 Å². The molecule has 8 nitrogen and oxygen atoms in total. The predicted octanol–water partition coefficient (Wildman–Crippen LogP) is 7.80. The summed E-state index contributed by atoms with van der Waals surface area (Å²) in [5.41, 5.74) is -0.679. The van der Waals surface area contributed by atoms with Crippen LogP contribution in [0.2, 0.25) is 0 Å². The molecule has 0 aromatic carbocycles. The molecule has 2 amide bonds. The molecule has 0 fully saturated rings. The van der Waals surface area contributed by atoms with Crippen LogP contribution in [0.1, 0.15) is 83.1 Å². The van der Waals surface area contributed by atoms with Gasteiger partial charge in [-0.05, 0) is 65.5 Å². The van der Waals surface area contributed by atoms with Crippen LogP contribution in [0.25, 0.3) is 0 Å². The van der Waals surface area contributed by atoms with Gasteiger partial charge in [-0.25, -0.2) is 9.59 Å². The number of aryl methyl sites for hydroxylation is 2. The Morgan fingerprint density at radius 2 is 0.913 bits per heavy atom. The van der Waals surface area contributed by atoms with Crippen LogP contribution in [-0.4, -0.2) is 59.7 Å². The summed E-state index contributed by atoms with van der Waals surface area (Å²) in [5, 5.41) is 1.00. The molecule has 0 unspecified atom stereocenters. The first-order valence-electron chi connectivity index (χ1n) is 13.7. The van der Waals surface area contributed by atoms with E-state index in [9.17, 15) is 54.3 Å². The van der Waals surface area contributed by atoms with Gasteiger partial charge in [0.05, 0.1) is 23.3 Å². The SMILES string of the molecule is CCc1c(C)sc(NC(=O)C(F)(F)C(F)(F)C(F)(F)C(F)(F)C(=O)Nc2sc(C)c(CC)c2C(=O)OC(C)C)c1C(=O)OC(C)C. The highest BCUT2D eigenvalue weighted by molar-refractivity contribution is 7.17. The molecule has 2 aromatic rings. The smallest absolute Gasteiger partial charge is 0.393 e. The number of alkyl halides is 8. The van der Waals surface area contributed by atoms with Crippen molar-refractivity contribution >= 4 is 56.4 Å². The van der Waals surface area contributed by atoms with Gasteiger partial charge in [0.1, 0.15) is 10.0 Å². The molecule has 2 heterocycles. The number of hydrogen-bond acceptors (Lipinski definition) is 8. The third-order valence-corrected chi connectivity index (χ3v) is 8.55. The quantitative estimate of drug-likeness (QED) is 0.162. The molecule has 0 atom stereocenters. The third kappa shape index (κ3) is 7.01. The zero-order chi connectivity index (χ0) is 35.7. The second-order valence-electron chi connectivity index (χ2n) is 10.5. The number of hydrogen-bond donors (Lipinski definition) is 2. The molecule has 0 aliphatic rings. The molecule has 258 valence electrons. The highest BCUT2D eigenvalue weighted by Crippen LogP contribution is 2.53. The summed E-state index contributed by atoms with van der Waals surface area (Å²) in [7, 11) is 0. The summed E-state index contributed by atoms with van der Waals surface area (Å²) in [6.07, 6.45) is -1.34. The van der Waals surface area contributed by atoms with E-state index < -0.39 is 80.8 Å². The van der Waals surface area contributed by atoms with Gasteiger partial charge in [0.2, 0.25) is 0 Å². The molecule has 2 aromatic heterocycles. The van der Waals surface area contributed by atoms with Crippen molar-refractivity contribution < 1.29 is 63.8 Å². The number of nitrogens with one attached hydrogen (secondary N) is 2. The molecule has 0 aliphatic carbocycles. The van der Waals surface area contributed by atoms with Gasteiger partial charge in [-0.1, -0.05) is 13.8 Å². The van der Waals surface area contributed by atoms with Crippen molar-refractivity contribution in [1.82, 2.24) is 0 Å². The number of thiophene rings is 2. The van der Waals surface area contributed by atoms with Crippen molar-refractivity contribution in [2.24, 2.45) is 0 Å². The molecule has 0 spiro atoms. The fraction of sp³-hybridized carbons (Fsp3) is 0.571. The van der Waals surface area contributed by atoms with Gasteiger partial charge in [0.15, 0.2) is 0 Å². The molecule has 0 radical (unpaired) electrons. The van der Waals surface area contributed by atoms with Gasteiger partial charge in [0.25, 0.3) is 0 Å². The number of anilines is 2. The summed E-state index contributed by atoms with van der Waals surface area (Å²) < 4.78 is 129. The van der Waals surface area contributed by atoms with E-state index in [4.69, 9.17) is 9.47 Å². The van der Waals surface area contributed by atoms with E-state index in [2.05, 4.69) is 0 Å². The number of carbonyl (C=O) groups excluding carboxylic acids is 4. The van der Waals surface area contributed by atoms with E-state index in [1.807, 2.05) is 0 Å². The Kier molecular flexibility index (Phi) is 11.7. The maximum atomic E-state index is 14.8. The van der Waals surface area contributed by atoms with Crippen LogP contribution in [0.4, 0.5) is 45.1 Å². The summed E-state index contributed by atoms with van der Waals surface area (Å²) in [6, 6.07) is 0. The van der Waals surface area contributed by atoms with Crippen molar-refractivity contribution in [3.63, 3.8) is 0 Å². The second-order valence-corrected chi connectivity index (χ2v) is 13.0. The molecule has 0 bridgehead atoms. The number of amides is 2. The first-order valence-corrected chi connectivity index (χ1v) is 15.3. The highest BCUT2D eigenvalue weighted by Gasteiger charge is 2.84. The minimum absolute atomic E-state index is 0.0765. The predicted molar refractivity (Wildman–Crippen MR) is 155 cm³/mol. The van der Waals surface area contributed by atoms with E-state index in [1.165, 1.54) is 66.0 Å². The third-order valence-electron chi connectivity index (χ3n) is 6.43. The van der Waals surface area contributed by atoms with Crippen LogP contribution in [0.5, 0.6) is 0 Å². The van der Waals surface area contributed by atoms with Crippen molar-refractivity contribution in [1.29, 1.82) is 0 Å². The Morgan fingerprint density at radius 3 is 1.15 bits per heavy atom. The lowest BCUT2D eigenvalue weighted by atomic mass is 9.97. The first-order chi connectivity index (χ1) is 20.9. The van der Waals surface area contributed by atoms with Crippen LogP contribution in [0.15, 0.2) is 0 Å². The minimum atomic E-state index is -7.18. The van der Waals surface area contributed by atoms with E-state index in [-0.39, 0.29) is 33.7 Å². The molecule has 46 heavy (non-hydrogen) atoms. The average molecular weight is 709 g/mol. The van der Waals surface area contributed by atoms with Gasteiger partial charge in [0, 0.05) is 9.75 Å². The Morgan fingerprint density at radius 1 is 0.630 bits per heavy atom. The van der Waals surface area contributed by atoms with Crippen LogP contribution in [0.3, 0.4) is 0 Å². The van der Waals surface area contributed by atoms with Crippen molar-refractivity contribution in [2.45, 2.75) is 104 Å². The lowest BCUT2D eigenvalue weighted by molar-refractivity contribution is -0.345. The largest absolute Gasteiger partial charge is 0.459 e. The lowest BCUT2D eigenvalue weighted by Gasteiger charge is -2.35. The van der Waals surface area contributed by atoms with Crippen LogP contribution < -0.4 is 10.6 Å². The van der Waals surface area contributed by atoms with Crippen LogP contribution >= 0.6 is 22.7 Å². The average Bonchev–Trinajstić information content (AvgIpc) is 3.41. The van der Waals surface area contributed by atoms with Gasteiger partial charge < -0.3 is 20.1 Å². The number of ether oxygens (including phenoxy) is 2. The zero-order valence-electron chi connectivity index (χ0n) is 25.9. The molecular formula is C28H32F8N2O6S2. The zero-order valence-corrected chi connectivity index (χ0v) is 27.5. The summed E-state index contributed by atoms with van der Waals surface area (Å²) >= 11 is 0.920. The Hall–Kier alpha value is -3.28. The standard InChI is InChI=1S/C28H32F8N2O6S2/c1-9-15-13(7)45-19(17(15)21(39)43-11(3)4)37-23(41)25(29,30)27(33,34)28(35,36)26(31,32)24(42)38-20-18(22(40)44-12(5)6)16(10-2)14(8)46-20/h11-12H,9-10H2,1-8H3,(H,37,41)(H,38,42). The molecular weight excluding hydrogens is 676 g/mol. The maximum absolute atomic E-state index is 14.8. The second kappa shape index (κ2) is 13.8. The van der Waals surface area contributed by atoms with E-state index in [0.717, 1.165) is 0 Å². The first kappa shape index (κ1) is 38.9. The van der Waals surface area contributed by atoms with Crippen molar-refractivity contribution in [2.75, 3.05) is 10.6 Å². The molecule has 2 N–H and O–H groups in total. The maximum Gasteiger partial charge on any atom is 0.393 e. The Balaban J connectivity index is 2.49. The highest BCUT2D eigenvalue weighted by atomic mass is 32.1. The van der Waals surface area contributed by atoms with E-state index in [0.29, 0.717) is 22.7 Å². The lowest BCUT2D eigenvalue weighted by Crippen LogP contribution is -2.67. The Bertz CT molecular complexity index is 1390. The van der Waals surface area contributed by atoms with Gasteiger partial charge in [-0.3, -0.25) is 9.59 Å². The number of halogens is 8. The van der Waals surface area contributed by atoms with Gasteiger partial charge >= 0.3 is 47.4 Å². The molecule has 0 saturated carbocycles. The summed E-state index contributed by atoms with van der Waals surface area (Å²) in [4.78, 5) is 50.4. The minimum Gasteiger partial charge on any atom is -0.459 e. The van der Waals surface area contributed by atoms with Crippen LogP contribution in [-0.2, 0) is 31.9 Å². The molecule has 0 saturated heterocycles. The molecule has 18 heteroatoms. The topological polar surface area (TPSA) is 111 Å². The summed E-state index contributed by atoms with van der Waals surface area (Å²) in [6.45, 7) is 11.5. The van der Waals surface area contributed by atoms with Gasteiger partial charge in [-0.2, -0.15) is 35.1 Å². The fourth-order valence-electron chi connectivity index (χ4n) is 4.21. The fourth-order valence-corrected chi connectivity index (χ4v) is 6.46. The van der Waals surface area contributed by atoms with Gasteiger partial charge in [-0.15, -0.1) is 22.7 Å². The van der Waals surface area contributed by atoms with Crippen molar-refractivity contribution in [3.05, 3.63) is 32.0 Å². The normalized spacial score (nSPS) is 12.8. The monoisotopic (exact) mass is 708 g/mol. The van der Waals surface area contributed by atoms with E-state index >= 15 is 0 Å². The van der Waals surface area contributed by atoms with Crippen molar-refractivity contribution in [3.8, 4) is 0 Å². The number of rotatable bonds is 13. The summed E-state index contributed by atoms with van der Waals surface area (Å²) in [5.74, 6) is -36.1. The Labute approximate surface area is 266 Å². The molecule has 0 aliphatic heterocycles. The number of esters is 2. The number of carbonyl (C=O) groups is 4. The molecule has 2 rings (SSSR count). The van der Waals surface area contributed by atoms with E-state index in [1.54, 1.807) is 0 Å².